The highest BCUT2D eigenvalue weighted by Gasteiger charge is 2.25. The van der Waals surface area contributed by atoms with Gasteiger partial charge in [0.05, 0.1) is 17.0 Å². The van der Waals surface area contributed by atoms with Crippen LogP contribution in [0.1, 0.15) is 30.4 Å². The monoisotopic (exact) mass is 497 g/mol. The van der Waals surface area contributed by atoms with Crippen LogP contribution in [0.4, 0.5) is 19.1 Å². The average Bonchev–Trinajstić information content (AvgIpc) is 3.23. The molecule has 1 aromatic carbocycles. The second-order valence-electron chi connectivity index (χ2n) is 7.79. The Hall–Kier alpha value is -4.55. The molecule has 184 valence electrons. The van der Waals surface area contributed by atoms with E-state index in [0.29, 0.717) is 23.4 Å². The zero-order valence-electron chi connectivity index (χ0n) is 18.8. The van der Waals surface area contributed by atoms with Gasteiger partial charge in [0.25, 0.3) is 6.43 Å². The number of nitrogens with two attached hydrogens (primary N) is 1. The van der Waals surface area contributed by atoms with E-state index in [1.807, 2.05) is 6.92 Å². The van der Waals surface area contributed by atoms with Crippen LogP contribution < -0.4 is 15.2 Å². The molecule has 5 rings (SSSR count). The van der Waals surface area contributed by atoms with Gasteiger partial charge in [-0.2, -0.15) is 4.98 Å². The molecule has 0 saturated heterocycles. The summed E-state index contributed by atoms with van der Waals surface area (Å²) in [7, 11) is 0. The van der Waals surface area contributed by atoms with Crippen LogP contribution in [0.2, 0.25) is 0 Å². The summed E-state index contributed by atoms with van der Waals surface area (Å²) in [5.41, 5.74) is 7.33. The third-order valence-corrected chi connectivity index (χ3v) is 5.44. The predicted octanol–water partition coefficient (Wildman–Crippen LogP) is 3.52. The second-order valence-corrected chi connectivity index (χ2v) is 7.79. The molecule has 2 bridgehead atoms. The smallest absolute Gasteiger partial charge is 0.334 e. The molecule has 4 heterocycles. The molecule has 0 atom stereocenters. The van der Waals surface area contributed by atoms with Crippen LogP contribution in [0.5, 0.6) is 11.8 Å². The fourth-order valence-corrected chi connectivity index (χ4v) is 3.81. The molecule has 4 aromatic rings. The SMILES string of the molecule is CCc1nnn2c1COc1nc(N)nc(-c3ccc(F)cc3)c1-c1cc(nc(C(F)F)c1)OC(=O)C2. The van der Waals surface area contributed by atoms with Gasteiger partial charge in [0.15, 0.2) is 0 Å². The molecular weight excluding hydrogens is 479 g/mol. The van der Waals surface area contributed by atoms with Crippen molar-refractivity contribution in [3.8, 4) is 34.1 Å². The molecule has 1 aliphatic rings. The first kappa shape index (κ1) is 23.2. The Labute approximate surface area is 201 Å². The van der Waals surface area contributed by atoms with E-state index in [2.05, 4.69) is 25.3 Å². The molecule has 0 amide bonds. The fourth-order valence-electron chi connectivity index (χ4n) is 3.81. The number of hydrogen-bond donors (Lipinski definition) is 1. The van der Waals surface area contributed by atoms with Crippen LogP contribution in [0.15, 0.2) is 36.4 Å². The number of fused-ring (bicyclic) bond motifs is 5. The zero-order chi connectivity index (χ0) is 25.4. The minimum Gasteiger partial charge on any atom is -0.471 e. The van der Waals surface area contributed by atoms with Crippen LogP contribution in [0.25, 0.3) is 22.4 Å². The minimum atomic E-state index is -2.97. The van der Waals surface area contributed by atoms with Crippen molar-refractivity contribution in [2.45, 2.75) is 32.9 Å². The highest BCUT2D eigenvalue weighted by molar-refractivity contribution is 5.85. The molecule has 0 radical (unpaired) electrons. The lowest BCUT2D eigenvalue weighted by molar-refractivity contribution is -0.135. The molecule has 2 N–H and O–H groups in total. The lowest BCUT2D eigenvalue weighted by Gasteiger charge is -2.18. The van der Waals surface area contributed by atoms with E-state index < -0.39 is 23.9 Å². The highest BCUT2D eigenvalue weighted by atomic mass is 19.3. The van der Waals surface area contributed by atoms with Gasteiger partial charge in [-0.05, 0) is 42.3 Å². The van der Waals surface area contributed by atoms with Crippen LogP contribution in [0, 0.1) is 5.82 Å². The molecule has 1 aliphatic heterocycles. The van der Waals surface area contributed by atoms with E-state index in [1.165, 1.54) is 35.0 Å². The molecule has 0 saturated carbocycles. The number of alkyl halides is 2. The Morgan fingerprint density at radius 2 is 1.89 bits per heavy atom. The van der Waals surface area contributed by atoms with E-state index >= 15 is 0 Å². The maximum atomic E-state index is 13.7. The van der Waals surface area contributed by atoms with Gasteiger partial charge in [-0.15, -0.1) is 5.10 Å². The van der Waals surface area contributed by atoms with E-state index in [0.717, 1.165) is 6.07 Å². The van der Waals surface area contributed by atoms with Crippen molar-refractivity contribution < 1.29 is 27.4 Å². The number of esters is 1. The topological polar surface area (TPSA) is 131 Å². The van der Waals surface area contributed by atoms with E-state index in [9.17, 15) is 18.0 Å². The van der Waals surface area contributed by atoms with Crippen molar-refractivity contribution in [3.05, 3.63) is 59.3 Å². The number of carbonyl (C=O) groups is 1. The van der Waals surface area contributed by atoms with Crippen LogP contribution in [-0.4, -0.2) is 35.9 Å². The van der Waals surface area contributed by atoms with E-state index in [4.69, 9.17) is 15.2 Å². The second kappa shape index (κ2) is 9.24. The predicted molar refractivity (Wildman–Crippen MR) is 119 cm³/mol. The Morgan fingerprint density at radius 3 is 2.61 bits per heavy atom. The highest BCUT2D eigenvalue weighted by Crippen LogP contribution is 2.40. The Kier molecular flexibility index (Phi) is 5.96. The van der Waals surface area contributed by atoms with Crippen molar-refractivity contribution in [2.75, 3.05) is 5.73 Å². The number of carbonyl (C=O) groups excluding carboxylic acids is 1. The van der Waals surface area contributed by atoms with Crippen LogP contribution >= 0.6 is 0 Å². The summed E-state index contributed by atoms with van der Waals surface area (Å²) in [6.07, 6.45) is -2.47. The van der Waals surface area contributed by atoms with Crippen molar-refractivity contribution >= 4 is 11.9 Å². The fraction of sp³-hybridized carbons (Fsp3) is 0.217. The average molecular weight is 497 g/mol. The molecular formula is C23H18F3N7O3. The molecule has 36 heavy (non-hydrogen) atoms. The van der Waals surface area contributed by atoms with Crippen molar-refractivity contribution in [3.63, 3.8) is 0 Å². The maximum absolute atomic E-state index is 13.7. The van der Waals surface area contributed by atoms with Gasteiger partial charge >= 0.3 is 5.97 Å². The minimum absolute atomic E-state index is 0.0269. The molecule has 0 unspecified atom stereocenters. The van der Waals surface area contributed by atoms with Gasteiger partial charge in [0.2, 0.25) is 17.7 Å². The number of anilines is 1. The number of rotatable bonds is 3. The summed E-state index contributed by atoms with van der Waals surface area (Å²) in [6, 6.07) is 7.76. The quantitative estimate of drug-likeness (QED) is 0.422. The van der Waals surface area contributed by atoms with Crippen molar-refractivity contribution in [1.29, 1.82) is 0 Å². The maximum Gasteiger partial charge on any atom is 0.334 e. The number of halogens is 3. The zero-order valence-corrected chi connectivity index (χ0v) is 18.8. The van der Waals surface area contributed by atoms with Gasteiger partial charge in [-0.1, -0.05) is 12.1 Å². The van der Waals surface area contributed by atoms with Crippen LogP contribution in [0.3, 0.4) is 0 Å². The first-order valence-corrected chi connectivity index (χ1v) is 10.8. The summed E-state index contributed by atoms with van der Waals surface area (Å²) >= 11 is 0. The van der Waals surface area contributed by atoms with Crippen LogP contribution in [-0.2, 0) is 24.4 Å². The van der Waals surface area contributed by atoms with Crippen molar-refractivity contribution in [2.24, 2.45) is 0 Å². The number of benzene rings is 1. The third kappa shape index (κ3) is 4.42. The Bertz CT molecular complexity index is 1460. The lowest BCUT2D eigenvalue weighted by atomic mass is 10.00. The van der Waals surface area contributed by atoms with Gasteiger partial charge in [0, 0.05) is 11.6 Å². The molecule has 0 spiro atoms. The number of nitrogens with zero attached hydrogens (tertiary/aromatic N) is 6. The van der Waals surface area contributed by atoms with Gasteiger partial charge in [-0.3, -0.25) is 0 Å². The summed E-state index contributed by atoms with van der Waals surface area (Å²) in [4.78, 5) is 24.9. The Balaban J connectivity index is 1.78. The molecule has 10 nitrogen and oxygen atoms in total. The number of hydrogen-bond acceptors (Lipinski definition) is 9. The summed E-state index contributed by atoms with van der Waals surface area (Å²) in [6.45, 7) is 1.40. The number of aromatic nitrogens is 6. The standard InChI is InChI=1S/C23H18F3N7O3/c1-2-14-16-10-35-22-19(20(29-23(27)30-22)11-3-5-13(24)6-4-11)12-7-15(21(25)26)28-17(8-12)36-18(34)9-33(16)32-31-14/h3-8,21H,2,9-10H2,1H3,(H2,27,29,30). The summed E-state index contributed by atoms with van der Waals surface area (Å²) in [5, 5.41) is 8.05. The first-order valence-electron chi connectivity index (χ1n) is 10.8. The Morgan fingerprint density at radius 1 is 1.11 bits per heavy atom. The van der Waals surface area contributed by atoms with Gasteiger partial charge in [-0.25, -0.2) is 32.6 Å². The lowest BCUT2D eigenvalue weighted by Crippen LogP contribution is -2.21. The first-order chi connectivity index (χ1) is 17.3. The molecule has 13 heteroatoms. The van der Waals surface area contributed by atoms with Crippen molar-refractivity contribution in [1.82, 2.24) is 29.9 Å². The normalized spacial score (nSPS) is 13.2. The number of pyridine rings is 1. The van der Waals surface area contributed by atoms with E-state index in [-0.39, 0.29) is 47.7 Å². The molecule has 0 aliphatic carbocycles. The molecule has 0 fully saturated rings. The summed E-state index contributed by atoms with van der Waals surface area (Å²) < 4.78 is 53.7. The van der Waals surface area contributed by atoms with Gasteiger partial charge in [0.1, 0.15) is 30.4 Å². The third-order valence-electron chi connectivity index (χ3n) is 5.44. The van der Waals surface area contributed by atoms with Gasteiger partial charge < -0.3 is 15.2 Å². The van der Waals surface area contributed by atoms with E-state index in [1.54, 1.807) is 0 Å². The largest absolute Gasteiger partial charge is 0.471 e. The number of aryl methyl sites for hydroxylation is 1. The number of nitrogen functional groups attached to an aromatic ring is 1. The molecule has 3 aromatic heterocycles. The summed E-state index contributed by atoms with van der Waals surface area (Å²) in [5.74, 6) is -1.81. The number of ether oxygens (including phenoxy) is 2.